The van der Waals surface area contributed by atoms with E-state index in [1.54, 1.807) is 13.0 Å². The molecule has 1 heterocycles. The highest BCUT2D eigenvalue weighted by atomic mass is 16.5. The van der Waals surface area contributed by atoms with Gasteiger partial charge in [-0.1, -0.05) is 0 Å². The molecular formula is C12H16N2O5. The van der Waals surface area contributed by atoms with Gasteiger partial charge in [0, 0.05) is 12.1 Å². The molecular weight excluding hydrogens is 252 g/mol. The fourth-order valence-electron chi connectivity index (χ4n) is 2.16. The molecule has 0 radical (unpaired) electrons. The van der Waals surface area contributed by atoms with Gasteiger partial charge in [-0.05, 0) is 31.3 Å². The Kier molecular flexibility index (Phi) is 4.03. The number of hydrogen-bond acceptors (Lipinski definition) is 5. The van der Waals surface area contributed by atoms with Gasteiger partial charge in [-0.15, -0.1) is 0 Å². The summed E-state index contributed by atoms with van der Waals surface area (Å²) in [5.74, 6) is -0.565. The number of carbonyl (C=O) groups excluding carboxylic acids is 1. The number of carboxylic acids is 1. The topological polar surface area (TPSA) is 102 Å². The van der Waals surface area contributed by atoms with E-state index in [1.165, 1.54) is 0 Å². The van der Waals surface area contributed by atoms with Crippen LogP contribution in [0.4, 0.5) is 0 Å². The lowest BCUT2D eigenvalue weighted by molar-refractivity contribution is -0.141. The number of nitrogens with one attached hydrogen (secondary N) is 1. The Bertz CT molecular complexity index is 470. The van der Waals surface area contributed by atoms with E-state index >= 15 is 0 Å². The zero-order chi connectivity index (χ0) is 13.8. The molecule has 1 aromatic rings. The lowest BCUT2D eigenvalue weighted by atomic mass is 10.1. The summed E-state index contributed by atoms with van der Waals surface area (Å²) < 4.78 is 9.94. The van der Waals surface area contributed by atoms with Gasteiger partial charge in [0.05, 0.1) is 5.92 Å². The van der Waals surface area contributed by atoms with E-state index in [4.69, 9.17) is 14.4 Å². The van der Waals surface area contributed by atoms with E-state index < -0.39 is 5.97 Å². The van der Waals surface area contributed by atoms with Crippen molar-refractivity contribution in [1.82, 2.24) is 10.5 Å². The number of carbonyl (C=O) groups is 2. The van der Waals surface area contributed by atoms with Crippen molar-refractivity contribution in [2.45, 2.75) is 32.2 Å². The summed E-state index contributed by atoms with van der Waals surface area (Å²) in [5.41, 5.74) is 0. The largest absolute Gasteiger partial charge is 0.481 e. The molecule has 0 aliphatic heterocycles. The SMILES string of the molecule is Cc1cc(OCC(=O)NC2CCC(C(=O)O)C2)no1. The summed E-state index contributed by atoms with van der Waals surface area (Å²) in [6, 6.07) is 1.50. The van der Waals surface area contributed by atoms with Crippen molar-refractivity contribution < 1.29 is 24.0 Å². The molecule has 0 bridgehead atoms. The van der Waals surface area contributed by atoms with Crippen LogP contribution in [0.3, 0.4) is 0 Å². The zero-order valence-corrected chi connectivity index (χ0v) is 10.6. The molecule has 0 saturated heterocycles. The maximum Gasteiger partial charge on any atom is 0.306 e. The highest BCUT2D eigenvalue weighted by Crippen LogP contribution is 2.25. The molecule has 1 aliphatic rings. The van der Waals surface area contributed by atoms with E-state index in [0.717, 1.165) is 0 Å². The highest BCUT2D eigenvalue weighted by Gasteiger charge is 2.30. The van der Waals surface area contributed by atoms with E-state index in [-0.39, 0.29) is 30.4 Å². The highest BCUT2D eigenvalue weighted by molar-refractivity contribution is 5.78. The number of aliphatic carboxylic acids is 1. The lowest BCUT2D eigenvalue weighted by Crippen LogP contribution is -2.36. The van der Waals surface area contributed by atoms with Gasteiger partial charge in [0.25, 0.3) is 11.8 Å². The minimum absolute atomic E-state index is 0.0868. The molecule has 1 fully saturated rings. The number of aromatic nitrogens is 1. The van der Waals surface area contributed by atoms with Crippen molar-refractivity contribution in [2.24, 2.45) is 5.92 Å². The van der Waals surface area contributed by atoms with Gasteiger partial charge in [0.15, 0.2) is 6.61 Å². The molecule has 1 amide bonds. The van der Waals surface area contributed by atoms with Crippen molar-refractivity contribution in [1.29, 1.82) is 0 Å². The van der Waals surface area contributed by atoms with E-state index in [0.29, 0.717) is 25.0 Å². The minimum atomic E-state index is -0.800. The van der Waals surface area contributed by atoms with Crippen LogP contribution in [0.25, 0.3) is 0 Å². The third-order valence-electron chi connectivity index (χ3n) is 3.10. The number of ether oxygens (including phenoxy) is 1. The van der Waals surface area contributed by atoms with Crippen LogP contribution in [0.5, 0.6) is 5.88 Å². The second-order valence-corrected chi connectivity index (χ2v) is 4.68. The van der Waals surface area contributed by atoms with Crippen LogP contribution in [0.2, 0.25) is 0 Å². The first-order valence-corrected chi connectivity index (χ1v) is 6.13. The van der Waals surface area contributed by atoms with Crippen molar-refractivity contribution in [2.75, 3.05) is 6.61 Å². The summed E-state index contributed by atoms with van der Waals surface area (Å²) in [7, 11) is 0. The summed E-state index contributed by atoms with van der Waals surface area (Å²) in [6.07, 6.45) is 1.76. The first-order chi connectivity index (χ1) is 9.04. The Hall–Kier alpha value is -2.05. The number of aryl methyl sites for hydroxylation is 1. The fraction of sp³-hybridized carbons (Fsp3) is 0.583. The van der Waals surface area contributed by atoms with Gasteiger partial charge in [-0.2, -0.15) is 0 Å². The number of nitrogens with zero attached hydrogens (tertiary/aromatic N) is 1. The van der Waals surface area contributed by atoms with Crippen LogP contribution in [-0.2, 0) is 9.59 Å². The summed E-state index contributed by atoms with van der Waals surface area (Å²) in [6.45, 7) is 1.57. The quantitative estimate of drug-likeness (QED) is 0.816. The predicted octanol–water partition coefficient (Wildman–Crippen LogP) is 0.731. The fourth-order valence-corrected chi connectivity index (χ4v) is 2.16. The number of carboxylic acid groups (broad SMARTS) is 1. The molecule has 2 unspecified atom stereocenters. The normalized spacial score (nSPS) is 22.2. The van der Waals surface area contributed by atoms with Crippen molar-refractivity contribution in [3.8, 4) is 5.88 Å². The Morgan fingerprint density at radius 1 is 1.58 bits per heavy atom. The van der Waals surface area contributed by atoms with Crippen molar-refractivity contribution in [3.63, 3.8) is 0 Å². The van der Waals surface area contributed by atoms with Gasteiger partial charge in [-0.3, -0.25) is 9.59 Å². The molecule has 2 rings (SSSR count). The molecule has 0 aromatic carbocycles. The molecule has 19 heavy (non-hydrogen) atoms. The molecule has 1 aliphatic carbocycles. The Balaban J connectivity index is 1.72. The first kappa shape index (κ1) is 13.4. The van der Waals surface area contributed by atoms with Gasteiger partial charge < -0.3 is 19.7 Å². The van der Waals surface area contributed by atoms with Gasteiger partial charge in [-0.25, -0.2) is 0 Å². The molecule has 1 aromatic heterocycles. The standard InChI is InChI=1S/C12H16N2O5/c1-7-4-11(14-19-7)18-6-10(15)13-9-3-2-8(5-9)12(16)17/h4,8-9H,2-3,5-6H2,1H3,(H,13,15)(H,16,17). The van der Waals surface area contributed by atoms with Gasteiger partial charge in [0.2, 0.25) is 0 Å². The van der Waals surface area contributed by atoms with Crippen LogP contribution >= 0.6 is 0 Å². The van der Waals surface area contributed by atoms with Crippen LogP contribution in [0.1, 0.15) is 25.0 Å². The van der Waals surface area contributed by atoms with Crippen LogP contribution in [0, 0.1) is 12.8 Å². The molecule has 2 atom stereocenters. The first-order valence-electron chi connectivity index (χ1n) is 6.13. The summed E-state index contributed by atoms with van der Waals surface area (Å²) >= 11 is 0. The van der Waals surface area contributed by atoms with E-state index in [2.05, 4.69) is 10.5 Å². The van der Waals surface area contributed by atoms with E-state index in [9.17, 15) is 9.59 Å². The molecule has 2 N–H and O–H groups in total. The number of hydrogen-bond donors (Lipinski definition) is 2. The second kappa shape index (κ2) is 5.73. The number of rotatable bonds is 5. The number of amides is 1. The Morgan fingerprint density at radius 3 is 2.95 bits per heavy atom. The summed E-state index contributed by atoms with van der Waals surface area (Å²) in [4.78, 5) is 22.4. The lowest BCUT2D eigenvalue weighted by Gasteiger charge is -2.12. The van der Waals surface area contributed by atoms with Gasteiger partial charge in [0.1, 0.15) is 5.76 Å². The van der Waals surface area contributed by atoms with E-state index in [1.807, 2.05) is 0 Å². The van der Waals surface area contributed by atoms with Crippen LogP contribution in [-0.4, -0.2) is 34.8 Å². The predicted molar refractivity (Wildman–Crippen MR) is 63.6 cm³/mol. The molecule has 7 heteroatoms. The van der Waals surface area contributed by atoms with Gasteiger partial charge >= 0.3 is 5.97 Å². The smallest absolute Gasteiger partial charge is 0.306 e. The Morgan fingerprint density at radius 2 is 2.37 bits per heavy atom. The van der Waals surface area contributed by atoms with Crippen molar-refractivity contribution >= 4 is 11.9 Å². The monoisotopic (exact) mass is 268 g/mol. The van der Waals surface area contributed by atoms with Crippen LogP contribution < -0.4 is 10.1 Å². The molecule has 0 spiro atoms. The maximum atomic E-state index is 11.6. The van der Waals surface area contributed by atoms with Crippen molar-refractivity contribution in [3.05, 3.63) is 11.8 Å². The summed E-state index contributed by atoms with van der Waals surface area (Å²) in [5, 5.41) is 15.2. The zero-order valence-electron chi connectivity index (χ0n) is 10.6. The molecule has 1 saturated carbocycles. The second-order valence-electron chi connectivity index (χ2n) is 4.68. The van der Waals surface area contributed by atoms with Crippen LogP contribution in [0.15, 0.2) is 10.6 Å². The third kappa shape index (κ3) is 3.70. The third-order valence-corrected chi connectivity index (χ3v) is 3.10. The minimum Gasteiger partial charge on any atom is -0.481 e. The average Bonchev–Trinajstić information content (AvgIpc) is 2.96. The Labute approximate surface area is 109 Å². The average molecular weight is 268 g/mol. The molecule has 104 valence electrons. The maximum absolute atomic E-state index is 11.6. The molecule has 7 nitrogen and oxygen atoms in total.